The molecule has 0 bridgehead atoms. The lowest BCUT2D eigenvalue weighted by Gasteiger charge is -2.08. The summed E-state index contributed by atoms with van der Waals surface area (Å²) in [5.74, 6) is 0. The molecule has 0 fully saturated rings. The van der Waals surface area contributed by atoms with Crippen molar-refractivity contribution in [2.75, 3.05) is 10.5 Å². The summed E-state index contributed by atoms with van der Waals surface area (Å²) in [6, 6.07) is 5.95. The average molecular weight is 384 g/mol. The van der Waals surface area contributed by atoms with Crippen LogP contribution in [0.4, 0.5) is 11.4 Å². The lowest BCUT2D eigenvalue weighted by atomic mass is 10.3. The molecule has 3 aromatic rings. The number of sulfonamides is 1. The van der Waals surface area contributed by atoms with Gasteiger partial charge in [0.1, 0.15) is 0 Å². The normalized spacial score (nSPS) is 11.4. The van der Waals surface area contributed by atoms with Crippen molar-refractivity contribution in [2.24, 2.45) is 0 Å². The van der Waals surface area contributed by atoms with Crippen molar-refractivity contribution in [3.05, 3.63) is 59.1 Å². The third-order valence-corrected chi connectivity index (χ3v) is 5.11. The fraction of sp³-hybridized carbons (Fsp3) is 0. The molecular formula is C14H11Cl2N5O2S. The number of hydrogen-bond acceptors (Lipinski definition) is 5. The van der Waals surface area contributed by atoms with Crippen molar-refractivity contribution in [3.8, 4) is 5.69 Å². The number of aromatic nitrogens is 3. The molecule has 0 spiro atoms. The van der Waals surface area contributed by atoms with Gasteiger partial charge >= 0.3 is 0 Å². The van der Waals surface area contributed by atoms with E-state index in [1.54, 1.807) is 24.5 Å². The summed E-state index contributed by atoms with van der Waals surface area (Å²) in [5.41, 5.74) is 6.78. The van der Waals surface area contributed by atoms with Gasteiger partial charge in [0.05, 0.1) is 44.4 Å². The summed E-state index contributed by atoms with van der Waals surface area (Å²) in [6.45, 7) is 0. The van der Waals surface area contributed by atoms with Crippen LogP contribution < -0.4 is 10.5 Å². The molecule has 0 saturated carbocycles. The second-order valence-electron chi connectivity index (χ2n) is 4.79. The standard InChI is InChI=1S/C14H11Cl2N5O2S/c15-12-5-11(6-13(16)14(12)17)24(22,23)20-9-7-19-21(8-9)10-1-3-18-4-2-10/h1-8,20H,17H2. The number of halogens is 2. The van der Waals surface area contributed by atoms with Crippen LogP contribution in [-0.4, -0.2) is 23.2 Å². The molecule has 0 aliphatic heterocycles. The lowest BCUT2D eigenvalue weighted by Crippen LogP contribution is -2.13. The first kappa shape index (κ1) is 16.6. The van der Waals surface area contributed by atoms with Crippen molar-refractivity contribution in [1.29, 1.82) is 0 Å². The fourth-order valence-corrected chi connectivity index (χ4v) is 3.64. The third-order valence-electron chi connectivity index (χ3n) is 3.12. The quantitative estimate of drug-likeness (QED) is 0.674. The average Bonchev–Trinajstić information content (AvgIpc) is 3.00. The van der Waals surface area contributed by atoms with Gasteiger partial charge in [0, 0.05) is 12.4 Å². The number of nitrogens with two attached hydrogens (primary N) is 1. The van der Waals surface area contributed by atoms with E-state index in [2.05, 4.69) is 14.8 Å². The fourth-order valence-electron chi connectivity index (χ4n) is 1.94. The van der Waals surface area contributed by atoms with Crippen LogP contribution in [0, 0.1) is 0 Å². The van der Waals surface area contributed by atoms with E-state index < -0.39 is 10.0 Å². The van der Waals surface area contributed by atoms with Crippen LogP contribution in [0.3, 0.4) is 0 Å². The molecule has 124 valence electrons. The van der Waals surface area contributed by atoms with Gasteiger partial charge in [-0.2, -0.15) is 5.10 Å². The Morgan fingerprint density at radius 3 is 2.38 bits per heavy atom. The van der Waals surface area contributed by atoms with Crippen molar-refractivity contribution >= 4 is 44.6 Å². The Balaban J connectivity index is 1.89. The van der Waals surface area contributed by atoms with E-state index in [9.17, 15) is 8.42 Å². The molecule has 24 heavy (non-hydrogen) atoms. The van der Waals surface area contributed by atoms with E-state index in [1.165, 1.54) is 29.2 Å². The number of rotatable bonds is 4. The topological polar surface area (TPSA) is 103 Å². The molecule has 0 saturated heterocycles. The minimum atomic E-state index is -3.88. The maximum atomic E-state index is 12.4. The van der Waals surface area contributed by atoms with E-state index in [4.69, 9.17) is 28.9 Å². The number of benzene rings is 1. The van der Waals surface area contributed by atoms with Gasteiger partial charge in [-0.15, -0.1) is 0 Å². The molecular weight excluding hydrogens is 373 g/mol. The third kappa shape index (κ3) is 3.30. The number of nitrogens with zero attached hydrogens (tertiary/aromatic N) is 3. The summed E-state index contributed by atoms with van der Waals surface area (Å²) < 4.78 is 28.8. The zero-order chi connectivity index (χ0) is 17.3. The van der Waals surface area contributed by atoms with Gasteiger partial charge in [-0.25, -0.2) is 13.1 Å². The Kier molecular flexibility index (Phi) is 4.35. The summed E-state index contributed by atoms with van der Waals surface area (Å²) in [4.78, 5) is 3.82. The van der Waals surface area contributed by atoms with Crippen LogP contribution >= 0.6 is 23.2 Å². The summed E-state index contributed by atoms with van der Waals surface area (Å²) in [7, 11) is -3.88. The van der Waals surface area contributed by atoms with E-state index >= 15 is 0 Å². The first-order valence-corrected chi connectivity index (χ1v) is 8.83. The monoisotopic (exact) mass is 383 g/mol. The van der Waals surface area contributed by atoms with Gasteiger partial charge in [-0.05, 0) is 24.3 Å². The first-order chi connectivity index (χ1) is 11.4. The van der Waals surface area contributed by atoms with Gasteiger partial charge < -0.3 is 5.73 Å². The van der Waals surface area contributed by atoms with Crippen LogP contribution in [0.5, 0.6) is 0 Å². The molecule has 10 heteroatoms. The Labute approximate surface area is 148 Å². The smallest absolute Gasteiger partial charge is 0.262 e. The zero-order valence-electron chi connectivity index (χ0n) is 12.0. The van der Waals surface area contributed by atoms with E-state index in [1.807, 2.05) is 0 Å². The highest BCUT2D eigenvalue weighted by Crippen LogP contribution is 2.31. The maximum Gasteiger partial charge on any atom is 0.262 e. The van der Waals surface area contributed by atoms with Crippen molar-refractivity contribution < 1.29 is 8.42 Å². The second kappa shape index (κ2) is 6.31. The SMILES string of the molecule is Nc1c(Cl)cc(S(=O)(=O)Nc2cnn(-c3ccncc3)c2)cc1Cl. The van der Waals surface area contributed by atoms with E-state index in [-0.39, 0.29) is 26.3 Å². The predicted octanol–water partition coefficient (Wildman–Crippen LogP) is 2.96. The number of pyridine rings is 1. The van der Waals surface area contributed by atoms with Crippen LogP contribution in [0.2, 0.25) is 10.0 Å². The molecule has 2 heterocycles. The zero-order valence-corrected chi connectivity index (χ0v) is 14.3. The van der Waals surface area contributed by atoms with Gasteiger partial charge in [-0.3, -0.25) is 9.71 Å². The van der Waals surface area contributed by atoms with Gasteiger partial charge in [0.2, 0.25) is 0 Å². The highest BCUT2D eigenvalue weighted by molar-refractivity contribution is 7.92. The molecule has 0 atom stereocenters. The minimum Gasteiger partial charge on any atom is -0.396 e. The Bertz CT molecular complexity index is 966. The summed E-state index contributed by atoms with van der Waals surface area (Å²) >= 11 is 11.8. The number of hydrogen-bond donors (Lipinski definition) is 2. The molecule has 7 nitrogen and oxygen atoms in total. The van der Waals surface area contributed by atoms with Gasteiger partial charge in [-0.1, -0.05) is 23.2 Å². The van der Waals surface area contributed by atoms with Crippen LogP contribution in [-0.2, 0) is 10.0 Å². The van der Waals surface area contributed by atoms with E-state index in [0.717, 1.165) is 5.69 Å². The van der Waals surface area contributed by atoms with Gasteiger partial charge in [0.25, 0.3) is 10.0 Å². The molecule has 0 amide bonds. The highest BCUT2D eigenvalue weighted by atomic mass is 35.5. The Hall–Kier alpha value is -2.29. The van der Waals surface area contributed by atoms with Crippen LogP contribution in [0.1, 0.15) is 0 Å². The number of anilines is 2. The number of nitrogens with one attached hydrogen (secondary N) is 1. The summed E-state index contributed by atoms with van der Waals surface area (Å²) in [6.07, 6.45) is 6.14. The first-order valence-electron chi connectivity index (χ1n) is 6.59. The number of nitrogen functional groups attached to an aromatic ring is 1. The second-order valence-corrected chi connectivity index (χ2v) is 7.28. The molecule has 2 aromatic heterocycles. The maximum absolute atomic E-state index is 12.4. The molecule has 3 rings (SSSR count). The van der Waals surface area contributed by atoms with Crippen molar-refractivity contribution in [3.63, 3.8) is 0 Å². The van der Waals surface area contributed by atoms with Crippen molar-refractivity contribution in [2.45, 2.75) is 4.90 Å². The molecule has 0 aliphatic carbocycles. The molecule has 1 aromatic carbocycles. The largest absolute Gasteiger partial charge is 0.396 e. The van der Waals surface area contributed by atoms with E-state index in [0.29, 0.717) is 0 Å². The lowest BCUT2D eigenvalue weighted by molar-refractivity contribution is 0.601. The molecule has 0 radical (unpaired) electrons. The van der Waals surface area contributed by atoms with Crippen LogP contribution in [0.15, 0.2) is 53.9 Å². The van der Waals surface area contributed by atoms with Crippen LogP contribution in [0.25, 0.3) is 5.69 Å². The highest BCUT2D eigenvalue weighted by Gasteiger charge is 2.18. The Morgan fingerprint density at radius 1 is 1.12 bits per heavy atom. The van der Waals surface area contributed by atoms with Crippen molar-refractivity contribution in [1.82, 2.24) is 14.8 Å². The Morgan fingerprint density at radius 2 is 1.75 bits per heavy atom. The molecule has 0 unspecified atom stereocenters. The predicted molar refractivity (Wildman–Crippen MR) is 93.0 cm³/mol. The molecule has 3 N–H and O–H groups in total. The minimum absolute atomic E-state index is 0.0651. The molecule has 0 aliphatic rings. The summed E-state index contributed by atoms with van der Waals surface area (Å²) in [5, 5.41) is 4.23. The van der Waals surface area contributed by atoms with Gasteiger partial charge in [0.15, 0.2) is 0 Å².